The first kappa shape index (κ1) is 22.0. The van der Waals surface area contributed by atoms with E-state index in [9.17, 15) is 0 Å². The van der Waals surface area contributed by atoms with Crippen LogP contribution in [0.15, 0.2) is 23.2 Å². The number of ether oxygens (including phenoxy) is 2. The fraction of sp³-hybridized carbons (Fsp3) is 0.588. The smallest absolute Gasteiger partial charge is 0.191 e. The van der Waals surface area contributed by atoms with Crippen LogP contribution in [0.5, 0.6) is 5.75 Å². The molecule has 0 saturated heterocycles. The van der Waals surface area contributed by atoms with Crippen LogP contribution in [0.25, 0.3) is 0 Å². The van der Waals surface area contributed by atoms with Gasteiger partial charge in [-0.2, -0.15) is 0 Å². The number of halogens is 1. The van der Waals surface area contributed by atoms with Crippen molar-refractivity contribution < 1.29 is 9.47 Å². The van der Waals surface area contributed by atoms with Crippen LogP contribution in [0.2, 0.25) is 0 Å². The molecule has 0 saturated carbocycles. The van der Waals surface area contributed by atoms with Crippen LogP contribution in [0.3, 0.4) is 0 Å². The summed E-state index contributed by atoms with van der Waals surface area (Å²) in [6.45, 7) is 7.17. The first-order valence-electron chi connectivity index (χ1n) is 7.87. The monoisotopic (exact) mass is 435 g/mol. The summed E-state index contributed by atoms with van der Waals surface area (Å²) in [4.78, 5) is 4.21. The molecule has 132 valence electrons. The van der Waals surface area contributed by atoms with Crippen molar-refractivity contribution in [1.29, 1.82) is 0 Å². The van der Waals surface area contributed by atoms with Crippen molar-refractivity contribution in [3.8, 4) is 5.75 Å². The van der Waals surface area contributed by atoms with Crippen LogP contribution in [0.4, 0.5) is 0 Å². The van der Waals surface area contributed by atoms with E-state index in [0.29, 0.717) is 19.8 Å². The van der Waals surface area contributed by atoms with Crippen LogP contribution in [0, 0.1) is 6.92 Å². The van der Waals surface area contributed by atoms with Gasteiger partial charge >= 0.3 is 0 Å². The maximum atomic E-state index is 5.89. The predicted octanol–water partition coefficient (Wildman–Crippen LogP) is 3.10. The minimum Gasteiger partial charge on any atom is -0.493 e. The van der Waals surface area contributed by atoms with Crippen LogP contribution in [-0.2, 0) is 11.3 Å². The van der Waals surface area contributed by atoms with Gasteiger partial charge in [-0.05, 0) is 25.0 Å². The van der Waals surface area contributed by atoms with E-state index in [1.807, 2.05) is 0 Å². The Balaban J connectivity index is 0.00000484. The molecule has 0 heterocycles. The molecule has 0 radical (unpaired) electrons. The van der Waals surface area contributed by atoms with Gasteiger partial charge in [0.15, 0.2) is 5.96 Å². The van der Waals surface area contributed by atoms with Crippen LogP contribution in [-0.4, -0.2) is 39.9 Å². The van der Waals surface area contributed by atoms with Crippen molar-refractivity contribution >= 4 is 29.9 Å². The highest BCUT2D eigenvalue weighted by Crippen LogP contribution is 2.20. The van der Waals surface area contributed by atoms with Crippen LogP contribution in [0.1, 0.15) is 30.9 Å². The zero-order valence-electron chi connectivity index (χ0n) is 14.6. The zero-order valence-corrected chi connectivity index (χ0v) is 17.0. The number of guanidine groups is 1. The van der Waals surface area contributed by atoms with Gasteiger partial charge in [-0.3, -0.25) is 4.99 Å². The molecular formula is C17H30IN3O2. The van der Waals surface area contributed by atoms with Gasteiger partial charge in [0.2, 0.25) is 0 Å². The van der Waals surface area contributed by atoms with Crippen molar-refractivity contribution in [2.24, 2.45) is 4.99 Å². The van der Waals surface area contributed by atoms with E-state index in [-0.39, 0.29) is 24.0 Å². The molecule has 0 aromatic heterocycles. The summed E-state index contributed by atoms with van der Waals surface area (Å²) >= 11 is 0. The number of hydrogen-bond acceptors (Lipinski definition) is 3. The van der Waals surface area contributed by atoms with Gasteiger partial charge in [0.1, 0.15) is 5.75 Å². The quantitative estimate of drug-likeness (QED) is 0.271. The highest BCUT2D eigenvalue weighted by Gasteiger charge is 2.05. The minimum absolute atomic E-state index is 0. The van der Waals surface area contributed by atoms with Gasteiger partial charge in [0.25, 0.3) is 0 Å². The number of aryl methyl sites for hydroxylation is 1. The third-order valence-corrected chi connectivity index (χ3v) is 3.19. The summed E-state index contributed by atoms with van der Waals surface area (Å²) in [7, 11) is 3.49. The molecule has 1 rings (SSSR count). The van der Waals surface area contributed by atoms with E-state index in [4.69, 9.17) is 9.47 Å². The Morgan fingerprint density at radius 3 is 2.65 bits per heavy atom. The highest BCUT2D eigenvalue weighted by atomic mass is 127. The lowest BCUT2D eigenvalue weighted by Gasteiger charge is -2.15. The lowest BCUT2D eigenvalue weighted by atomic mass is 10.1. The Morgan fingerprint density at radius 1 is 1.22 bits per heavy atom. The first-order chi connectivity index (χ1) is 10.7. The standard InChI is InChI=1S/C17H29N3O2.HI/c1-5-9-19-17(18-3)20-13-15-8-7-14(2)12-16(15)22-11-6-10-21-4;/h7-8,12H,5-6,9-11,13H2,1-4H3,(H2,18,19,20);1H. The van der Waals surface area contributed by atoms with Gasteiger partial charge in [0.05, 0.1) is 6.61 Å². The molecule has 1 aromatic rings. The maximum absolute atomic E-state index is 5.89. The van der Waals surface area contributed by atoms with E-state index < -0.39 is 0 Å². The molecule has 0 bridgehead atoms. The largest absolute Gasteiger partial charge is 0.493 e. The van der Waals surface area contributed by atoms with E-state index in [0.717, 1.165) is 36.7 Å². The van der Waals surface area contributed by atoms with Gasteiger partial charge < -0.3 is 20.1 Å². The minimum atomic E-state index is 0. The lowest BCUT2D eigenvalue weighted by molar-refractivity contribution is 0.172. The fourth-order valence-corrected chi connectivity index (χ4v) is 1.97. The van der Waals surface area contributed by atoms with Crippen molar-refractivity contribution in [1.82, 2.24) is 10.6 Å². The van der Waals surface area contributed by atoms with Gasteiger partial charge in [-0.25, -0.2) is 0 Å². The zero-order chi connectivity index (χ0) is 16.2. The van der Waals surface area contributed by atoms with Crippen LogP contribution < -0.4 is 15.4 Å². The summed E-state index contributed by atoms with van der Waals surface area (Å²) < 4.78 is 10.9. The Hall–Kier alpha value is -1.02. The maximum Gasteiger partial charge on any atom is 0.191 e. The van der Waals surface area contributed by atoms with E-state index in [1.165, 1.54) is 5.56 Å². The number of nitrogens with zero attached hydrogens (tertiary/aromatic N) is 1. The molecule has 23 heavy (non-hydrogen) atoms. The molecule has 1 aromatic carbocycles. The van der Waals surface area contributed by atoms with Crippen molar-refractivity contribution in [2.75, 3.05) is 33.9 Å². The molecule has 0 unspecified atom stereocenters. The van der Waals surface area contributed by atoms with Gasteiger partial charge in [0, 0.05) is 45.8 Å². The van der Waals surface area contributed by atoms with Gasteiger partial charge in [-0.1, -0.05) is 19.1 Å². The second kappa shape index (κ2) is 13.4. The summed E-state index contributed by atoms with van der Waals surface area (Å²) in [6.07, 6.45) is 1.95. The van der Waals surface area contributed by atoms with E-state index >= 15 is 0 Å². The molecule has 6 heteroatoms. The topological polar surface area (TPSA) is 54.9 Å². The van der Waals surface area contributed by atoms with Crippen molar-refractivity contribution in [3.63, 3.8) is 0 Å². The second-order valence-electron chi connectivity index (χ2n) is 5.16. The van der Waals surface area contributed by atoms with E-state index in [1.54, 1.807) is 14.2 Å². The molecule has 0 fully saturated rings. The Morgan fingerprint density at radius 2 is 2.00 bits per heavy atom. The number of methoxy groups -OCH3 is 1. The molecular weight excluding hydrogens is 405 g/mol. The van der Waals surface area contributed by atoms with E-state index in [2.05, 4.69) is 47.7 Å². The molecule has 0 amide bonds. The average Bonchev–Trinajstić information content (AvgIpc) is 2.53. The molecule has 0 spiro atoms. The molecule has 0 aliphatic carbocycles. The SMILES string of the molecule is CCCNC(=NC)NCc1ccc(C)cc1OCCCOC.I. The summed E-state index contributed by atoms with van der Waals surface area (Å²) in [6, 6.07) is 6.27. The fourth-order valence-electron chi connectivity index (χ4n) is 1.97. The third kappa shape index (κ3) is 9.00. The molecule has 0 aliphatic heterocycles. The molecule has 2 N–H and O–H groups in total. The Kier molecular flexibility index (Phi) is 12.8. The number of rotatable bonds is 9. The Bertz CT molecular complexity index is 467. The first-order valence-corrected chi connectivity index (χ1v) is 7.87. The van der Waals surface area contributed by atoms with Gasteiger partial charge in [-0.15, -0.1) is 24.0 Å². The molecule has 0 aliphatic rings. The molecule has 0 atom stereocenters. The highest BCUT2D eigenvalue weighted by molar-refractivity contribution is 14.0. The van der Waals surface area contributed by atoms with Crippen molar-refractivity contribution in [3.05, 3.63) is 29.3 Å². The Labute approximate surface area is 157 Å². The normalized spacial score (nSPS) is 10.9. The number of hydrogen-bond donors (Lipinski definition) is 2. The summed E-state index contributed by atoms with van der Waals surface area (Å²) in [5.74, 6) is 1.74. The van der Waals surface area contributed by atoms with Crippen LogP contribution >= 0.6 is 24.0 Å². The van der Waals surface area contributed by atoms with Crippen molar-refractivity contribution in [2.45, 2.75) is 33.2 Å². The third-order valence-electron chi connectivity index (χ3n) is 3.19. The second-order valence-corrected chi connectivity index (χ2v) is 5.16. The number of benzene rings is 1. The lowest BCUT2D eigenvalue weighted by Crippen LogP contribution is -2.37. The predicted molar refractivity (Wildman–Crippen MR) is 107 cm³/mol. The number of aliphatic imine (C=N–C) groups is 1. The summed E-state index contributed by atoms with van der Waals surface area (Å²) in [5.41, 5.74) is 2.32. The molecule has 5 nitrogen and oxygen atoms in total. The summed E-state index contributed by atoms with van der Waals surface area (Å²) in [5, 5.41) is 6.58. The number of nitrogens with one attached hydrogen (secondary N) is 2. The average molecular weight is 435 g/mol.